The summed E-state index contributed by atoms with van der Waals surface area (Å²) in [4.78, 5) is 0. The molecule has 112 valence electrons. The van der Waals surface area contributed by atoms with Crippen molar-refractivity contribution >= 4 is 0 Å². The van der Waals surface area contributed by atoms with E-state index < -0.39 is 0 Å². The van der Waals surface area contributed by atoms with E-state index in [1.165, 1.54) is 5.56 Å². The largest absolute Gasteiger partial charge is 0.508 e. The topological polar surface area (TPSA) is 29.5 Å². The molecule has 0 aliphatic heterocycles. The van der Waals surface area contributed by atoms with E-state index in [1.54, 1.807) is 12.1 Å². The molecule has 21 heavy (non-hydrogen) atoms. The molecule has 2 rings (SSSR count). The highest BCUT2D eigenvalue weighted by Crippen LogP contribution is 2.24. The fourth-order valence-electron chi connectivity index (χ4n) is 2.20. The van der Waals surface area contributed by atoms with Crippen LogP contribution in [0.3, 0.4) is 0 Å². The number of phenolic OH excluding ortho intramolecular Hbond substituents is 1. The molecule has 0 heterocycles. The summed E-state index contributed by atoms with van der Waals surface area (Å²) < 4.78 is 5.78. The standard InChI is InChI=1S/C19H24O2/c1-5-14-10-17(20)12-18(11-14)21-13-15-6-8-16(9-7-15)19(2,3)4/h6-12,20H,5,13H2,1-4H3. The molecule has 2 nitrogen and oxygen atoms in total. The predicted octanol–water partition coefficient (Wildman–Crippen LogP) is 4.83. The Bertz CT molecular complexity index is 592. The van der Waals surface area contributed by atoms with Gasteiger partial charge in [0.2, 0.25) is 0 Å². The summed E-state index contributed by atoms with van der Waals surface area (Å²) in [6, 6.07) is 13.9. The van der Waals surface area contributed by atoms with Gasteiger partial charge in [0.1, 0.15) is 18.1 Å². The van der Waals surface area contributed by atoms with Crippen LogP contribution >= 0.6 is 0 Å². The highest BCUT2D eigenvalue weighted by molar-refractivity contribution is 5.37. The Labute approximate surface area is 127 Å². The minimum absolute atomic E-state index is 0.167. The Balaban J connectivity index is 2.05. The molecule has 0 atom stereocenters. The molecule has 0 aliphatic rings. The summed E-state index contributed by atoms with van der Waals surface area (Å²) in [6.45, 7) is 9.19. The molecule has 0 spiro atoms. The van der Waals surface area contributed by atoms with E-state index >= 15 is 0 Å². The SMILES string of the molecule is CCc1cc(O)cc(OCc2ccc(C(C)(C)C)cc2)c1. The van der Waals surface area contributed by atoms with E-state index in [1.807, 2.05) is 6.07 Å². The lowest BCUT2D eigenvalue weighted by molar-refractivity contribution is 0.304. The van der Waals surface area contributed by atoms with Gasteiger partial charge < -0.3 is 9.84 Å². The minimum Gasteiger partial charge on any atom is -0.508 e. The van der Waals surface area contributed by atoms with E-state index in [4.69, 9.17) is 4.74 Å². The summed E-state index contributed by atoms with van der Waals surface area (Å²) >= 11 is 0. The third kappa shape index (κ3) is 4.25. The average molecular weight is 284 g/mol. The van der Waals surface area contributed by atoms with Gasteiger partial charge in [-0.25, -0.2) is 0 Å². The van der Waals surface area contributed by atoms with Crippen molar-refractivity contribution in [2.75, 3.05) is 0 Å². The first-order valence-electron chi connectivity index (χ1n) is 7.43. The van der Waals surface area contributed by atoms with Gasteiger partial charge >= 0.3 is 0 Å². The monoisotopic (exact) mass is 284 g/mol. The number of benzene rings is 2. The number of aromatic hydroxyl groups is 1. The second kappa shape index (κ2) is 6.21. The van der Waals surface area contributed by atoms with Crippen LogP contribution in [0.4, 0.5) is 0 Å². The first kappa shape index (κ1) is 15.4. The van der Waals surface area contributed by atoms with Crippen LogP contribution in [0.2, 0.25) is 0 Å². The van der Waals surface area contributed by atoms with Crippen molar-refractivity contribution in [1.29, 1.82) is 0 Å². The van der Waals surface area contributed by atoms with E-state index in [0.717, 1.165) is 17.5 Å². The zero-order chi connectivity index (χ0) is 15.5. The fourth-order valence-corrected chi connectivity index (χ4v) is 2.20. The molecule has 1 N–H and O–H groups in total. The maximum absolute atomic E-state index is 9.67. The van der Waals surface area contributed by atoms with E-state index in [9.17, 15) is 5.11 Å². The van der Waals surface area contributed by atoms with Crippen LogP contribution in [0.15, 0.2) is 42.5 Å². The average Bonchev–Trinajstić information content (AvgIpc) is 2.44. The van der Waals surface area contributed by atoms with Crippen molar-refractivity contribution in [3.8, 4) is 11.5 Å². The second-order valence-corrected chi connectivity index (χ2v) is 6.42. The molecule has 0 unspecified atom stereocenters. The van der Waals surface area contributed by atoms with Crippen molar-refractivity contribution < 1.29 is 9.84 Å². The molecule has 0 aromatic heterocycles. The lowest BCUT2D eigenvalue weighted by Gasteiger charge is -2.19. The Morgan fingerprint density at radius 2 is 1.62 bits per heavy atom. The molecule has 0 bridgehead atoms. The van der Waals surface area contributed by atoms with Gasteiger partial charge in [0.15, 0.2) is 0 Å². The number of ether oxygens (including phenoxy) is 1. The van der Waals surface area contributed by atoms with Crippen molar-refractivity contribution in [1.82, 2.24) is 0 Å². The molecule has 0 radical (unpaired) electrons. The number of aryl methyl sites for hydroxylation is 1. The van der Waals surface area contributed by atoms with Crippen molar-refractivity contribution in [2.24, 2.45) is 0 Å². The fraction of sp³-hybridized carbons (Fsp3) is 0.368. The first-order valence-corrected chi connectivity index (χ1v) is 7.43. The van der Waals surface area contributed by atoms with Crippen LogP contribution in [0.5, 0.6) is 11.5 Å². The minimum atomic E-state index is 0.167. The van der Waals surface area contributed by atoms with Gasteiger partial charge in [0, 0.05) is 6.07 Å². The van der Waals surface area contributed by atoms with Crippen molar-refractivity contribution in [2.45, 2.75) is 46.1 Å². The Morgan fingerprint density at radius 1 is 0.952 bits per heavy atom. The van der Waals surface area contributed by atoms with Crippen LogP contribution in [0.25, 0.3) is 0 Å². The van der Waals surface area contributed by atoms with Gasteiger partial charge in [-0.1, -0.05) is 52.0 Å². The second-order valence-electron chi connectivity index (χ2n) is 6.42. The first-order chi connectivity index (χ1) is 9.88. The highest BCUT2D eigenvalue weighted by Gasteiger charge is 2.12. The van der Waals surface area contributed by atoms with Gasteiger partial charge in [-0.05, 0) is 40.7 Å². The van der Waals surface area contributed by atoms with E-state index in [-0.39, 0.29) is 11.2 Å². The summed E-state index contributed by atoms with van der Waals surface area (Å²) in [7, 11) is 0. The summed E-state index contributed by atoms with van der Waals surface area (Å²) in [5.74, 6) is 0.971. The Morgan fingerprint density at radius 3 is 2.19 bits per heavy atom. The molecule has 0 fully saturated rings. The molecular formula is C19H24O2. The molecule has 2 aromatic carbocycles. The summed E-state index contributed by atoms with van der Waals surface area (Å²) in [5, 5.41) is 9.67. The lowest BCUT2D eigenvalue weighted by atomic mass is 9.87. The number of hydrogen-bond donors (Lipinski definition) is 1. The molecular weight excluding hydrogens is 260 g/mol. The van der Waals surface area contributed by atoms with E-state index in [2.05, 4.69) is 52.0 Å². The predicted molar refractivity (Wildman–Crippen MR) is 87.0 cm³/mol. The van der Waals surface area contributed by atoms with Gasteiger partial charge in [0.05, 0.1) is 0 Å². The third-order valence-electron chi connectivity index (χ3n) is 3.58. The molecule has 0 aliphatic carbocycles. The molecule has 0 saturated carbocycles. The summed E-state index contributed by atoms with van der Waals surface area (Å²) in [5.41, 5.74) is 3.69. The van der Waals surface area contributed by atoms with Gasteiger partial charge in [-0.2, -0.15) is 0 Å². The molecule has 2 heteroatoms. The zero-order valence-corrected chi connectivity index (χ0v) is 13.3. The normalized spacial score (nSPS) is 11.4. The number of hydrogen-bond acceptors (Lipinski definition) is 2. The van der Waals surface area contributed by atoms with Gasteiger partial charge in [-0.3, -0.25) is 0 Å². The zero-order valence-electron chi connectivity index (χ0n) is 13.3. The van der Waals surface area contributed by atoms with Crippen molar-refractivity contribution in [3.63, 3.8) is 0 Å². The molecule has 0 amide bonds. The maximum Gasteiger partial charge on any atom is 0.123 e. The number of phenols is 1. The lowest BCUT2D eigenvalue weighted by Crippen LogP contribution is -2.10. The quantitative estimate of drug-likeness (QED) is 0.871. The Hall–Kier alpha value is -1.96. The van der Waals surface area contributed by atoms with Crippen LogP contribution < -0.4 is 4.74 Å². The Kier molecular flexibility index (Phi) is 4.56. The summed E-state index contributed by atoms with van der Waals surface area (Å²) in [6.07, 6.45) is 0.880. The van der Waals surface area contributed by atoms with Crippen LogP contribution in [-0.2, 0) is 18.4 Å². The van der Waals surface area contributed by atoms with Gasteiger partial charge in [-0.15, -0.1) is 0 Å². The smallest absolute Gasteiger partial charge is 0.123 e. The van der Waals surface area contributed by atoms with Crippen LogP contribution in [0, 0.1) is 0 Å². The van der Waals surface area contributed by atoms with Crippen LogP contribution in [-0.4, -0.2) is 5.11 Å². The van der Waals surface area contributed by atoms with Gasteiger partial charge in [0.25, 0.3) is 0 Å². The number of rotatable bonds is 4. The molecule has 2 aromatic rings. The van der Waals surface area contributed by atoms with Crippen LogP contribution in [0.1, 0.15) is 44.4 Å². The third-order valence-corrected chi connectivity index (χ3v) is 3.58. The van der Waals surface area contributed by atoms with E-state index in [0.29, 0.717) is 12.4 Å². The van der Waals surface area contributed by atoms with Crippen molar-refractivity contribution in [3.05, 3.63) is 59.2 Å². The highest BCUT2D eigenvalue weighted by atomic mass is 16.5. The molecule has 0 saturated heterocycles. The maximum atomic E-state index is 9.67.